The second-order valence-electron chi connectivity index (χ2n) is 6.97. The van der Waals surface area contributed by atoms with Gasteiger partial charge in [-0.2, -0.15) is 0 Å². The molecule has 0 saturated heterocycles. The van der Waals surface area contributed by atoms with E-state index < -0.39 is 5.91 Å². The smallest absolute Gasteiger partial charge is 0.248 e. The lowest BCUT2D eigenvalue weighted by Crippen LogP contribution is -2.15. The molecule has 6 heteroatoms. The number of rotatable bonds is 5. The molecule has 2 aromatic carbocycles. The minimum atomic E-state index is -0.427. The molecule has 0 saturated carbocycles. The molecule has 4 rings (SSSR count). The van der Waals surface area contributed by atoms with Crippen LogP contribution in [0.15, 0.2) is 54.7 Å². The van der Waals surface area contributed by atoms with Crippen molar-refractivity contribution in [1.29, 1.82) is 0 Å². The monoisotopic (exact) mass is 388 g/mol. The van der Waals surface area contributed by atoms with Gasteiger partial charge in [-0.1, -0.05) is 12.1 Å². The molecule has 0 bridgehead atoms. The summed E-state index contributed by atoms with van der Waals surface area (Å²) >= 11 is 0. The molecule has 1 amide bonds. The Balaban J connectivity index is 1.51. The van der Waals surface area contributed by atoms with Gasteiger partial charge in [0.05, 0.1) is 12.2 Å². The van der Waals surface area contributed by atoms with Crippen molar-refractivity contribution in [3.05, 3.63) is 82.5 Å². The van der Waals surface area contributed by atoms with E-state index in [1.807, 2.05) is 31.2 Å². The number of ether oxygens (including phenoxy) is 2. The molecule has 1 aliphatic heterocycles. The van der Waals surface area contributed by atoms with E-state index in [-0.39, 0.29) is 5.78 Å². The summed E-state index contributed by atoms with van der Waals surface area (Å²) in [7, 11) is 0. The molecule has 0 unspecified atom stereocenters. The van der Waals surface area contributed by atoms with Gasteiger partial charge >= 0.3 is 0 Å². The normalized spacial score (nSPS) is 12.8. The van der Waals surface area contributed by atoms with Gasteiger partial charge in [0.25, 0.3) is 0 Å². The van der Waals surface area contributed by atoms with E-state index in [9.17, 15) is 9.59 Å². The van der Waals surface area contributed by atoms with E-state index in [2.05, 4.69) is 4.98 Å². The van der Waals surface area contributed by atoms with E-state index in [0.717, 1.165) is 16.7 Å². The van der Waals surface area contributed by atoms with Gasteiger partial charge in [-0.3, -0.25) is 9.59 Å². The number of fused-ring (bicyclic) bond motifs is 1. The van der Waals surface area contributed by atoms with E-state index in [4.69, 9.17) is 15.2 Å². The molecule has 0 aliphatic carbocycles. The number of ketones is 1. The number of primary amides is 1. The Kier molecular flexibility index (Phi) is 4.99. The highest BCUT2D eigenvalue weighted by atomic mass is 16.5. The number of hydrogen-bond donors (Lipinski definition) is 1. The van der Waals surface area contributed by atoms with Crippen molar-refractivity contribution >= 4 is 11.7 Å². The number of benzene rings is 2. The Morgan fingerprint density at radius 1 is 1.14 bits per heavy atom. The number of carbonyl (C=O) groups is 2. The Morgan fingerprint density at radius 2 is 1.97 bits per heavy atom. The summed E-state index contributed by atoms with van der Waals surface area (Å²) in [5.74, 6) is 1.21. The lowest BCUT2D eigenvalue weighted by Gasteiger charge is -2.17. The third-order valence-electron chi connectivity index (χ3n) is 4.83. The number of aromatic nitrogens is 1. The zero-order valence-electron chi connectivity index (χ0n) is 16.0. The third kappa shape index (κ3) is 4.11. The molecule has 0 radical (unpaired) electrons. The molecular formula is C23H20N2O4. The zero-order chi connectivity index (χ0) is 20.4. The first-order chi connectivity index (χ1) is 14.0. The Hall–Kier alpha value is -3.67. The predicted molar refractivity (Wildman–Crippen MR) is 108 cm³/mol. The first-order valence-electron chi connectivity index (χ1n) is 9.32. The first-order valence-corrected chi connectivity index (χ1v) is 9.32. The van der Waals surface area contributed by atoms with E-state index >= 15 is 0 Å². The summed E-state index contributed by atoms with van der Waals surface area (Å²) < 4.78 is 11.4. The van der Waals surface area contributed by atoms with Crippen molar-refractivity contribution in [2.75, 3.05) is 6.61 Å². The molecule has 29 heavy (non-hydrogen) atoms. The zero-order valence-corrected chi connectivity index (χ0v) is 16.0. The average molecular weight is 388 g/mol. The lowest BCUT2D eigenvalue weighted by molar-refractivity contribution is 0.0932. The van der Waals surface area contributed by atoms with Crippen molar-refractivity contribution in [2.45, 2.75) is 19.8 Å². The molecule has 146 valence electrons. The molecule has 1 aromatic heterocycles. The SMILES string of the molecule is Cc1cc(Cc2ccnc(Oc3ccc4c(c3)OCCC4=O)c2)ccc1C(N)=O. The molecule has 0 spiro atoms. The molecule has 6 nitrogen and oxygen atoms in total. The summed E-state index contributed by atoms with van der Waals surface area (Å²) in [5.41, 5.74) is 9.41. The number of carbonyl (C=O) groups excluding carboxylic acids is 2. The molecule has 0 atom stereocenters. The number of pyridine rings is 1. The molecule has 1 aliphatic rings. The highest BCUT2D eigenvalue weighted by Gasteiger charge is 2.19. The Bertz CT molecular complexity index is 1110. The lowest BCUT2D eigenvalue weighted by atomic mass is 10.00. The maximum Gasteiger partial charge on any atom is 0.248 e. The molecule has 3 aromatic rings. The van der Waals surface area contributed by atoms with Gasteiger partial charge in [-0.15, -0.1) is 0 Å². The van der Waals surface area contributed by atoms with Gasteiger partial charge in [0, 0.05) is 30.3 Å². The summed E-state index contributed by atoms with van der Waals surface area (Å²) in [6, 6.07) is 14.6. The topological polar surface area (TPSA) is 91.5 Å². The first kappa shape index (κ1) is 18.7. The van der Waals surface area contributed by atoms with Crippen molar-refractivity contribution in [3.63, 3.8) is 0 Å². The summed E-state index contributed by atoms with van der Waals surface area (Å²) in [6.45, 7) is 2.25. The summed E-state index contributed by atoms with van der Waals surface area (Å²) in [4.78, 5) is 27.6. The second kappa shape index (κ2) is 7.75. The van der Waals surface area contributed by atoms with Crippen molar-refractivity contribution in [1.82, 2.24) is 4.98 Å². The average Bonchev–Trinajstić information content (AvgIpc) is 2.68. The van der Waals surface area contributed by atoms with Crippen LogP contribution in [0.25, 0.3) is 0 Å². The molecule has 2 N–H and O–H groups in total. The van der Waals surface area contributed by atoms with Crippen molar-refractivity contribution in [2.24, 2.45) is 5.73 Å². The largest absolute Gasteiger partial charge is 0.492 e. The van der Waals surface area contributed by atoms with E-state index in [1.165, 1.54) is 0 Å². The van der Waals surface area contributed by atoms with Crippen LogP contribution in [0.4, 0.5) is 0 Å². The number of Topliss-reactive ketones (excluding diaryl/α,β-unsaturated/α-hetero) is 1. The van der Waals surface area contributed by atoms with Crippen LogP contribution in [0.3, 0.4) is 0 Å². The molecule has 0 fully saturated rings. The van der Waals surface area contributed by atoms with Gasteiger partial charge in [0.15, 0.2) is 5.78 Å². The highest BCUT2D eigenvalue weighted by Crippen LogP contribution is 2.31. The van der Waals surface area contributed by atoms with Crippen LogP contribution in [0.5, 0.6) is 17.4 Å². The minimum Gasteiger partial charge on any atom is -0.492 e. The number of hydrogen-bond acceptors (Lipinski definition) is 5. The quantitative estimate of drug-likeness (QED) is 0.717. The molecule has 2 heterocycles. The van der Waals surface area contributed by atoms with Gasteiger partial charge in [0.2, 0.25) is 11.8 Å². The van der Waals surface area contributed by atoms with Crippen molar-refractivity contribution < 1.29 is 19.1 Å². The van der Waals surface area contributed by atoms with Gasteiger partial charge in [-0.05, 0) is 54.3 Å². The van der Waals surface area contributed by atoms with Crippen LogP contribution in [-0.2, 0) is 6.42 Å². The number of aryl methyl sites for hydroxylation is 1. The molecular weight excluding hydrogens is 368 g/mol. The Morgan fingerprint density at radius 3 is 2.76 bits per heavy atom. The second-order valence-corrected chi connectivity index (χ2v) is 6.97. The van der Waals surface area contributed by atoms with Crippen LogP contribution in [0, 0.1) is 6.92 Å². The van der Waals surface area contributed by atoms with Gasteiger partial charge < -0.3 is 15.2 Å². The highest BCUT2D eigenvalue weighted by molar-refractivity contribution is 5.99. The summed E-state index contributed by atoms with van der Waals surface area (Å²) in [6.07, 6.45) is 2.75. The van der Waals surface area contributed by atoms with Crippen LogP contribution < -0.4 is 15.2 Å². The van der Waals surface area contributed by atoms with Gasteiger partial charge in [-0.25, -0.2) is 4.98 Å². The van der Waals surface area contributed by atoms with Crippen LogP contribution in [0.1, 0.15) is 43.8 Å². The maximum absolute atomic E-state index is 11.9. The Labute approximate surface area is 168 Å². The van der Waals surface area contributed by atoms with Crippen LogP contribution in [0.2, 0.25) is 0 Å². The fourth-order valence-electron chi connectivity index (χ4n) is 3.39. The summed E-state index contributed by atoms with van der Waals surface area (Å²) in [5, 5.41) is 0. The maximum atomic E-state index is 11.9. The van der Waals surface area contributed by atoms with Crippen LogP contribution in [-0.4, -0.2) is 23.3 Å². The van der Waals surface area contributed by atoms with Crippen LogP contribution >= 0.6 is 0 Å². The van der Waals surface area contributed by atoms with E-state index in [1.54, 1.807) is 30.5 Å². The van der Waals surface area contributed by atoms with Crippen molar-refractivity contribution in [3.8, 4) is 17.4 Å². The standard InChI is InChI=1S/C23H20N2O4/c1-14-10-15(2-4-18(14)23(24)27)11-16-6-8-25-22(12-16)29-17-3-5-19-20(26)7-9-28-21(19)13-17/h2-6,8,10,12-13H,7,9,11H2,1H3,(H2,24,27). The number of nitrogens with zero attached hydrogens (tertiary/aromatic N) is 1. The fraction of sp³-hybridized carbons (Fsp3) is 0.174. The number of amides is 1. The fourth-order valence-corrected chi connectivity index (χ4v) is 3.39. The predicted octanol–water partition coefficient (Wildman–Crippen LogP) is 3.84. The minimum absolute atomic E-state index is 0.0792. The third-order valence-corrected chi connectivity index (χ3v) is 4.83. The van der Waals surface area contributed by atoms with E-state index in [0.29, 0.717) is 48.0 Å². The number of nitrogens with two attached hydrogens (primary N) is 1. The van der Waals surface area contributed by atoms with Gasteiger partial charge in [0.1, 0.15) is 11.5 Å².